The predicted octanol–water partition coefficient (Wildman–Crippen LogP) is 4.33. The van der Waals surface area contributed by atoms with E-state index >= 15 is 0 Å². The van der Waals surface area contributed by atoms with Crippen molar-refractivity contribution in [2.45, 2.75) is 39.9 Å². The summed E-state index contributed by atoms with van der Waals surface area (Å²) < 4.78 is 49.5. The van der Waals surface area contributed by atoms with Crippen LogP contribution in [0.4, 0.5) is 18.2 Å². The first-order chi connectivity index (χ1) is 14.4. The molecule has 2 aromatic heterocycles. The van der Waals surface area contributed by atoms with Crippen LogP contribution in [-0.4, -0.2) is 41.3 Å². The Kier molecular flexibility index (Phi) is 7.87. The summed E-state index contributed by atoms with van der Waals surface area (Å²) in [7, 11) is 1.16. The Labute approximate surface area is 187 Å². The molecule has 31 heavy (non-hydrogen) atoms. The van der Waals surface area contributed by atoms with Gasteiger partial charge in [-0.05, 0) is 42.3 Å². The fraction of sp³-hybridized carbons (Fsp3) is 0.444. The van der Waals surface area contributed by atoms with E-state index in [1.54, 1.807) is 6.92 Å². The number of carbonyl (C=O) groups is 3. The Bertz CT molecular complexity index is 1020. The van der Waals surface area contributed by atoms with Gasteiger partial charge in [0.05, 0.1) is 36.0 Å². The minimum Gasteiger partial charge on any atom is -0.465 e. The molecule has 0 radical (unpaired) electrons. The summed E-state index contributed by atoms with van der Waals surface area (Å²) in [5, 5.41) is 6.12. The zero-order valence-electron chi connectivity index (χ0n) is 17.0. The van der Waals surface area contributed by atoms with Gasteiger partial charge in [-0.1, -0.05) is 0 Å². The Balaban J connectivity index is 2.22. The van der Waals surface area contributed by atoms with E-state index in [0.29, 0.717) is 5.56 Å². The quantitative estimate of drug-likeness (QED) is 0.540. The lowest BCUT2D eigenvalue weighted by atomic mass is 10.1. The number of esters is 2. The van der Waals surface area contributed by atoms with Crippen LogP contribution in [0.25, 0.3) is 0 Å². The zero-order valence-corrected chi connectivity index (χ0v) is 19.4. The van der Waals surface area contributed by atoms with E-state index in [2.05, 4.69) is 26.3 Å². The summed E-state index contributed by atoms with van der Waals surface area (Å²) in [5.41, 5.74) is -0.549. The Morgan fingerprint density at radius 1 is 1.23 bits per heavy atom. The predicted molar refractivity (Wildman–Crippen MR) is 109 cm³/mol. The molecule has 0 saturated heterocycles. The van der Waals surface area contributed by atoms with Gasteiger partial charge in [-0.2, -0.15) is 18.3 Å². The number of nitrogens with one attached hydrogen (secondary N) is 1. The average Bonchev–Trinajstić information content (AvgIpc) is 3.16. The van der Waals surface area contributed by atoms with Gasteiger partial charge in [0.25, 0.3) is 0 Å². The van der Waals surface area contributed by atoms with Gasteiger partial charge >= 0.3 is 18.1 Å². The molecular weight excluding hydrogens is 507 g/mol. The normalized spacial score (nSPS) is 11.4. The molecular formula is C18H19BrF3N3O5S. The van der Waals surface area contributed by atoms with Crippen LogP contribution in [0.15, 0.2) is 4.47 Å². The zero-order chi connectivity index (χ0) is 23.5. The molecule has 0 aliphatic rings. The van der Waals surface area contributed by atoms with Crippen molar-refractivity contribution in [2.24, 2.45) is 0 Å². The van der Waals surface area contributed by atoms with Crippen LogP contribution in [0.1, 0.15) is 50.3 Å². The Hall–Kier alpha value is -2.41. The van der Waals surface area contributed by atoms with Crippen molar-refractivity contribution in [3.05, 3.63) is 31.9 Å². The summed E-state index contributed by atoms with van der Waals surface area (Å²) in [6.07, 6.45) is -4.86. The second-order valence-corrected chi connectivity index (χ2v) is 8.05. The molecule has 8 nitrogen and oxygen atoms in total. The van der Waals surface area contributed by atoms with Crippen LogP contribution in [0, 0.1) is 13.8 Å². The first-order valence-corrected chi connectivity index (χ1v) is 10.5. The van der Waals surface area contributed by atoms with E-state index in [1.165, 1.54) is 13.8 Å². The Morgan fingerprint density at radius 2 is 1.87 bits per heavy atom. The number of ether oxygens (including phenoxy) is 2. The molecule has 0 unspecified atom stereocenters. The minimum atomic E-state index is -4.63. The van der Waals surface area contributed by atoms with Crippen molar-refractivity contribution in [3.8, 4) is 0 Å². The number of nitrogens with zero attached hydrogens (tertiary/aromatic N) is 2. The van der Waals surface area contributed by atoms with Crippen molar-refractivity contribution in [2.75, 3.05) is 19.0 Å². The van der Waals surface area contributed by atoms with E-state index < -0.39 is 29.7 Å². The number of carbonyl (C=O) groups excluding carboxylic acids is 3. The smallest absolute Gasteiger partial charge is 0.436 e. The SMILES string of the molecule is CCOC(=O)c1sc(NC(=O)CCn2nc(C(F)(F)F)c(Br)c2C)c(C(=O)OC)c1C. The molecule has 170 valence electrons. The highest BCUT2D eigenvalue weighted by molar-refractivity contribution is 9.10. The number of alkyl halides is 3. The molecule has 0 aliphatic carbocycles. The second kappa shape index (κ2) is 9.81. The fourth-order valence-corrected chi connectivity index (χ4v) is 4.27. The van der Waals surface area contributed by atoms with E-state index in [-0.39, 0.29) is 45.2 Å². The molecule has 13 heteroatoms. The number of rotatable bonds is 7. The van der Waals surface area contributed by atoms with Crippen molar-refractivity contribution in [1.29, 1.82) is 0 Å². The van der Waals surface area contributed by atoms with E-state index in [4.69, 9.17) is 9.47 Å². The maximum atomic E-state index is 13.0. The van der Waals surface area contributed by atoms with E-state index in [0.717, 1.165) is 23.1 Å². The fourth-order valence-electron chi connectivity index (χ4n) is 2.66. The molecule has 2 rings (SSSR count). The van der Waals surface area contributed by atoms with Crippen LogP contribution in [-0.2, 0) is 27.0 Å². The van der Waals surface area contributed by atoms with E-state index in [1.807, 2.05) is 0 Å². The number of aromatic nitrogens is 2. The second-order valence-electron chi connectivity index (χ2n) is 6.24. The first-order valence-electron chi connectivity index (χ1n) is 8.91. The third-order valence-electron chi connectivity index (χ3n) is 4.20. The highest BCUT2D eigenvalue weighted by atomic mass is 79.9. The highest BCUT2D eigenvalue weighted by Gasteiger charge is 2.38. The topological polar surface area (TPSA) is 99.5 Å². The maximum Gasteiger partial charge on any atom is 0.436 e. The number of aryl methyl sites for hydroxylation is 1. The summed E-state index contributed by atoms with van der Waals surface area (Å²) in [6, 6.07) is 0. The molecule has 2 heterocycles. The van der Waals surface area contributed by atoms with Crippen molar-refractivity contribution in [3.63, 3.8) is 0 Å². The molecule has 0 saturated carbocycles. The maximum absolute atomic E-state index is 13.0. The largest absolute Gasteiger partial charge is 0.465 e. The number of hydrogen-bond acceptors (Lipinski definition) is 7. The van der Waals surface area contributed by atoms with Gasteiger partial charge < -0.3 is 14.8 Å². The lowest BCUT2D eigenvalue weighted by molar-refractivity contribution is -0.142. The van der Waals surface area contributed by atoms with Gasteiger partial charge in [-0.15, -0.1) is 11.3 Å². The van der Waals surface area contributed by atoms with E-state index in [9.17, 15) is 27.6 Å². The number of hydrogen-bond donors (Lipinski definition) is 1. The molecule has 0 atom stereocenters. The van der Waals surface area contributed by atoms with Crippen molar-refractivity contribution < 1.29 is 37.0 Å². The van der Waals surface area contributed by atoms with Crippen molar-refractivity contribution in [1.82, 2.24) is 9.78 Å². The first kappa shape index (κ1) is 24.9. The molecule has 1 N–H and O–H groups in total. The molecule has 0 fully saturated rings. The van der Waals surface area contributed by atoms with Gasteiger partial charge in [0, 0.05) is 6.42 Å². The highest BCUT2D eigenvalue weighted by Crippen LogP contribution is 2.36. The lowest BCUT2D eigenvalue weighted by Gasteiger charge is -2.07. The molecule has 0 aromatic carbocycles. The summed E-state index contributed by atoms with van der Waals surface area (Å²) in [6.45, 7) is 4.59. The van der Waals surface area contributed by atoms with Crippen LogP contribution < -0.4 is 5.32 Å². The molecule has 0 bridgehead atoms. The summed E-state index contributed by atoms with van der Waals surface area (Å²) in [5.74, 6) is -1.98. The Morgan fingerprint density at radius 3 is 2.39 bits per heavy atom. The minimum absolute atomic E-state index is 0.0151. The molecule has 0 aliphatic heterocycles. The van der Waals surface area contributed by atoms with Gasteiger partial charge in [0.15, 0.2) is 5.69 Å². The monoisotopic (exact) mass is 525 g/mol. The number of methoxy groups -OCH3 is 1. The number of amides is 1. The van der Waals surface area contributed by atoms with Gasteiger partial charge in [0.1, 0.15) is 9.88 Å². The average molecular weight is 526 g/mol. The molecule has 0 spiro atoms. The van der Waals surface area contributed by atoms with Crippen LogP contribution in [0.5, 0.6) is 0 Å². The third-order valence-corrected chi connectivity index (χ3v) is 6.34. The number of anilines is 1. The lowest BCUT2D eigenvalue weighted by Crippen LogP contribution is -2.17. The summed E-state index contributed by atoms with van der Waals surface area (Å²) in [4.78, 5) is 36.8. The standard InChI is InChI=1S/C18H19BrF3N3O5S/c1-5-30-17(28)13-8(2)11(16(27)29-4)15(31-13)23-10(26)6-7-25-9(3)12(19)14(24-25)18(20,21)22/h5-7H2,1-4H3,(H,23,26). The number of thiophene rings is 1. The van der Waals surface area contributed by atoms with Gasteiger partial charge in [-0.25, -0.2) is 9.59 Å². The molecule has 2 aromatic rings. The van der Waals surface area contributed by atoms with Crippen LogP contribution >= 0.6 is 27.3 Å². The van der Waals surface area contributed by atoms with Crippen LogP contribution in [0.2, 0.25) is 0 Å². The van der Waals surface area contributed by atoms with Gasteiger partial charge in [0.2, 0.25) is 5.91 Å². The van der Waals surface area contributed by atoms with Gasteiger partial charge in [-0.3, -0.25) is 9.48 Å². The third kappa shape index (κ3) is 5.45. The van der Waals surface area contributed by atoms with Crippen molar-refractivity contribution >= 4 is 50.1 Å². The molecule has 1 amide bonds. The number of halogens is 4. The van der Waals surface area contributed by atoms with Crippen LogP contribution in [0.3, 0.4) is 0 Å². The summed E-state index contributed by atoms with van der Waals surface area (Å²) >= 11 is 3.73.